The largest absolute Gasteiger partial charge is 0.490 e. The van der Waals surface area contributed by atoms with Crippen LogP contribution >= 0.6 is 23.2 Å². The second-order valence-electron chi connectivity index (χ2n) is 7.12. The lowest BCUT2D eigenvalue weighted by atomic mass is 10.1. The van der Waals surface area contributed by atoms with E-state index >= 15 is 0 Å². The first-order valence-corrected chi connectivity index (χ1v) is 11.0. The van der Waals surface area contributed by atoms with E-state index in [2.05, 4.69) is 5.32 Å². The number of ether oxygens (including phenoxy) is 2. The van der Waals surface area contributed by atoms with Crippen LogP contribution in [0.3, 0.4) is 0 Å². The third-order valence-electron chi connectivity index (χ3n) is 4.63. The number of hydrogen-bond donors (Lipinski definition) is 1. The highest BCUT2D eigenvalue weighted by atomic mass is 35.5. The Hall–Kier alpha value is -3.79. The highest BCUT2D eigenvalue weighted by Gasteiger charge is 2.16. The SMILES string of the molecule is CCOc1cc(/C=C(\C#N)C(=O)Nc2c(Cl)cccc2Cl)ccc1OC(=O)c1ccc(C)cc1. The highest BCUT2D eigenvalue weighted by Crippen LogP contribution is 2.32. The van der Waals surface area contributed by atoms with Gasteiger partial charge in [0.15, 0.2) is 11.5 Å². The minimum atomic E-state index is -0.676. The van der Waals surface area contributed by atoms with E-state index in [-0.39, 0.29) is 27.1 Å². The third-order valence-corrected chi connectivity index (χ3v) is 5.26. The summed E-state index contributed by atoms with van der Waals surface area (Å²) >= 11 is 12.2. The van der Waals surface area contributed by atoms with Crippen molar-refractivity contribution in [3.63, 3.8) is 0 Å². The van der Waals surface area contributed by atoms with Gasteiger partial charge in [-0.05, 0) is 61.9 Å². The molecule has 0 aliphatic rings. The fourth-order valence-electron chi connectivity index (χ4n) is 2.93. The topological polar surface area (TPSA) is 88.4 Å². The van der Waals surface area contributed by atoms with Crippen LogP contribution in [-0.4, -0.2) is 18.5 Å². The van der Waals surface area contributed by atoms with Crippen molar-refractivity contribution in [1.82, 2.24) is 0 Å². The summed E-state index contributed by atoms with van der Waals surface area (Å²) in [6.07, 6.45) is 1.38. The minimum absolute atomic E-state index is 0.178. The fourth-order valence-corrected chi connectivity index (χ4v) is 3.42. The van der Waals surface area contributed by atoms with Crippen molar-refractivity contribution < 1.29 is 19.1 Å². The fraction of sp³-hybridized carbons (Fsp3) is 0.115. The van der Waals surface area contributed by atoms with E-state index in [4.69, 9.17) is 32.7 Å². The molecule has 0 saturated heterocycles. The first-order valence-electron chi connectivity index (χ1n) is 10.2. The molecule has 0 bridgehead atoms. The highest BCUT2D eigenvalue weighted by molar-refractivity contribution is 6.40. The zero-order valence-electron chi connectivity index (χ0n) is 18.4. The standard InChI is InChI=1S/C26H20Cl2N2O4/c1-3-33-23-14-17(9-12-22(23)34-26(32)18-10-7-16(2)8-11-18)13-19(15-29)25(31)30-24-20(27)5-4-6-21(24)28/h4-14H,3H2,1-2H3,(H,30,31)/b19-13+. The molecule has 8 heteroatoms. The number of benzene rings is 3. The van der Waals surface area contributed by atoms with Gasteiger partial charge >= 0.3 is 5.97 Å². The molecule has 6 nitrogen and oxygen atoms in total. The Morgan fingerprint density at radius 3 is 2.32 bits per heavy atom. The number of hydrogen-bond acceptors (Lipinski definition) is 5. The first kappa shape index (κ1) is 24.8. The van der Waals surface area contributed by atoms with Crippen molar-refractivity contribution in [2.45, 2.75) is 13.8 Å². The van der Waals surface area contributed by atoms with Gasteiger partial charge < -0.3 is 14.8 Å². The van der Waals surface area contributed by atoms with Crippen molar-refractivity contribution in [2.75, 3.05) is 11.9 Å². The molecule has 0 fully saturated rings. The summed E-state index contributed by atoms with van der Waals surface area (Å²) in [5.41, 5.74) is 1.96. The number of carbonyl (C=O) groups excluding carboxylic acids is 2. The number of nitrogens with zero attached hydrogens (tertiary/aromatic N) is 1. The molecule has 172 valence electrons. The zero-order chi connectivity index (χ0) is 24.7. The van der Waals surface area contributed by atoms with Crippen LogP contribution < -0.4 is 14.8 Å². The van der Waals surface area contributed by atoms with Crippen molar-refractivity contribution >= 4 is 46.8 Å². The molecule has 1 amide bonds. The van der Waals surface area contributed by atoms with E-state index in [1.165, 1.54) is 6.08 Å². The second kappa shape index (κ2) is 11.4. The lowest BCUT2D eigenvalue weighted by Gasteiger charge is -2.12. The molecule has 3 aromatic carbocycles. The molecule has 0 spiro atoms. The summed E-state index contributed by atoms with van der Waals surface area (Å²) in [6.45, 7) is 4.03. The smallest absolute Gasteiger partial charge is 0.343 e. The molecule has 34 heavy (non-hydrogen) atoms. The summed E-state index contributed by atoms with van der Waals surface area (Å²) in [5.74, 6) is -0.692. The van der Waals surface area contributed by atoms with E-state index in [1.807, 2.05) is 25.1 Å². The molecule has 0 radical (unpaired) electrons. The monoisotopic (exact) mass is 494 g/mol. The Labute approximate surface area is 207 Å². The molecule has 3 rings (SSSR count). The third kappa shape index (κ3) is 6.16. The molecule has 0 aliphatic heterocycles. The number of halogens is 2. The zero-order valence-corrected chi connectivity index (χ0v) is 19.9. The van der Waals surface area contributed by atoms with Crippen LogP contribution in [0.15, 0.2) is 66.2 Å². The summed E-state index contributed by atoms with van der Waals surface area (Å²) in [6, 6.07) is 18.4. The van der Waals surface area contributed by atoms with Crippen molar-refractivity contribution in [2.24, 2.45) is 0 Å². The molecule has 1 N–H and O–H groups in total. The van der Waals surface area contributed by atoms with Gasteiger partial charge in [0.2, 0.25) is 0 Å². The molecule has 0 aromatic heterocycles. The Bertz CT molecular complexity index is 1270. The number of anilines is 1. The van der Waals surface area contributed by atoms with Crippen LogP contribution in [-0.2, 0) is 4.79 Å². The molecule has 0 saturated carbocycles. The van der Waals surface area contributed by atoms with Gasteiger partial charge in [0, 0.05) is 0 Å². The Balaban J connectivity index is 1.85. The maximum Gasteiger partial charge on any atom is 0.343 e. The van der Waals surface area contributed by atoms with Crippen LogP contribution in [0, 0.1) is 18.3 Å². The summed E-state index contributed by atoms with van der Waals surface area (Å²) < 4.78 is 11.1. The lowest BCUT2D eigenvalue weighted by Crippen LogP contribution is -2.14. The Morgan fingerprint density at radius 2 is 1.71 bits per heavy atom. The number of rotatable bonds is 7. The lowest BCUT2D eigenvalue weighted by molar-refractivity contribution is -0.112. The Morgan fingerprint density at radius 1 is 1.03 bits per heavy atom. The Kier molecular flexibility index (Phi) is 8.31. The van der Waals surface area contributed by atoms with Gasteiger partial charge in [-0.2, -0.15) is 5.26 Å². The maximum atomic E-state index is 12.6. The number of nitrogens with one attached hydrogen (secondary N) is 1. The predicted octanol–water partition coefficient (Wildman–Crippen LogP) is 6.47. The molecule has 0 aliphatic carbocycles. The van der Waals surface area contributed by atoms with Crippen molar-refractivity contribution in [1.29, 1.82) is 5.26 Å². The number of amides is 1. The van der Waals surface area contributed by atoms with Crippen LogP contribution in [0.1, 0.15) is 28.4 Å². The minimum Gasteiger partial charge on any atom is -0.490 e. The maximum absolute atomic E-state index is 12.6. The van der Waals surface area contributed by atoms with Crippen LogP contribution in [0.2, 0.25) is 10.0 Å². The van der Waals surface area contributed by atoms with Crippen LogP contribution in [0.5, 0.6) is 11.5 Å². The summed E-state index contributed by atoms with van der Waals surface area (Å²) in [5, 5.41) is 12.6. The normalized spacial score (nSPS) is 10.9. The average molecular weight is 495 g/mol. The molecular weight excluding hydrogens is 475 g/mol. The molecule has 0 heterocycles. The summed E-state index contributed by atoms with van der Waals surface area (Å²) in [4.78, 5) is 25.1. The molecular formula is C26H20Cl2N2O4. The van der Waals surface area contributed by atoms with Crippen molar-refractivity contribution in [3.05, 3.63) is 93.0 Å². The van der Waals surface area contributed by atoms with E-state index in [0.717, 1.165) is 5.56 Å². The van der Waals surface area contributed by atoms with Gasteiger partial charge in [-0.1, -0.05) is 53.0 Å². The van der Waals surface area contributed by atoms with E-state index < -0.39 is 11.9 Å². The van der Waals surface area contributed by atoms with Gasteiger partial charge in [-0.15, -0.1) is 0 Å². The van der Waals surface area contributed by atoms with Gasteiger partial charge in [0.05, 0.1) is 27.9 Å². The number of esters is 1. The number of nitriles is 1. The average Bonchev–Trinajstić information content (AvgIpc) is 2.82. The number of carbonyl (C=O) groups is 2. The number of aryl methyl sites for hydroxylation is 1. The van der Waals surface area contributed by atoms with Gasteiger partial charge in [0.1, 0.15) is 11.6 Å². The molecule has 3 aromatic rings. The van der Waals surface area contributed by atoms with E-state index in [0.29, 0.717) is 23.5 Å². The molecule has 0 unspecified atom stereocenters. The van der Waals surface area contributed by atoms with E-state index in [1.54, 1.807) is 55.5 Å². The first-order chi connectivity index (χ1) is 16.3. The van der Waals surface area contributed by atoms with Gasteiger partial charge in [-0.25, -0.2) is 4.79 Å². The quantitative estimate of drug-likeness (QED) is 0.176. The van der Waals surface area contributed by atoms with Crippen LogP contribution in [0.4, 0.5) is 5.69 Å². The van der Waals surface area contributed by atoms with Gasteiger partial charge in [0.25, 0.3) is 5.91 Å². The predicted molar refractivity (Wildman–Crippen MR) is 132 cm³/mol. The van der Waals surface area contributed by atoms with E-state index in [9.17, 15) is 14.9 Å². The van der Waals surface area contributed by atoms with Crippen LogP contribution in [0.25, 0.3) is 6.08 Å². The van der Waals surface area contributed by atoms with Crippen molar-refractivity contribution in [3.8, 4) is 17.6 Å². The van der Waals surface area contributed by atoms with Gasteiger partial charge in [-0.3, -0.25) is 4.79 Å². The summed E-state index contributed by atoms with van der Waals surface area (Å²) in [7, 11) is 0. The second-order valence-corrected chi connectivity index (χ2v) is 7.93. The molecule has 0 atom stereocenters. The number of para-hydroxylation sites is 1.